The molecule has 0 saturated heterocycles. The van der Waals surface area contributed by atoms with Crippen molar-refractivity contribution in [2.75, 3.05) is 4.90 Å². The Labute approximate surface area is 313 Å². The molecular formula is C49H29N3O3. The van der Waals surface area contributed by atoms with Crippen LogP contribution < -0.4 is 4.90 Å². The van der Waals surface area contributed by atoms with Crippen LogP contribution in [0.1, 0.15) is 0 Å². The number of nitrogens with zero attached hydrogens (tertiary/aromatic N) is 3. The van der Waals surface area contributed by atoms with Gasteiger partial charge in [-0.15, -0.1) is 0 Å². The van der Waals surface area contributed by atoms with Gasteiger partial charge in [0.1, 0.15) is 22.3 Å². The topological polar surface area (TPSA) is 60.5 Å². The minimum Gasteiger partial charge on any atom is -0.456 e. The van der Waals surface area contributed by atoms with Gasteiger partial charge in [0.05, 0.1) is 28.1 Å². The van der Waals surface area contributed by atoms with E-state index >= 15 is 0 Å². The summed E-state index contributed by atoms with van der Waals surface area (Å²) >= 11 is 0. The Morgan fingerprint density at radius 3 is 2.02 bits per heavy atom. The molecule has 0 saturated carbocycles. The molecule has 12 aromatic rings. The largest absolute Gasteiger partial charge is 0.456 e. The average molecular weight is 708 g/mol. The summed E-state index contributed by atoms with van der Waals surface area (Å²) in [5, 5.41) is 6.44. The van der Waals surface area contributed by atoms with Crippen molar-refractivity contribution in [3.8, 4) is 17.1 Å². The molecule has 6 heteroatoms. The van der Waals surface area contributed by atoms with Gasteiger partial charge < -0.3 is 22.7 Å². The first-order chi connectivity index (χ1) is 27.3. The monoisotopic (exact) mass is 707 g/mol. The second-order valence-electron chi connectivity index (χ2n) is 13.9. The molecule has 12 rings (SSSR count). The van der Waals surface area contributed by atoms with E-state index in [2.05, 4.69) is 137 Å². The Hall–Kier alpha value is -7.57. The lowest BCUT2D eigenvalue weighted by atomic mass is 10.1. The van der Waals surface area contributed by atoms with Gasteiger partial charge in [-0.3, -0.25) is 0 Å². The van der Waals surface area contributed by atoms with E-state index in [1.807, 2.05) is 48.5 Å². The summed E-state index contributed by atoms with van der Waals surface area (Å²) < 4.78 is 21.9. The molecule has 0 aliphatic heterocycles. The fourth-order valence-electron chi connectivity index (χ4n) is 8.39. The van der Waals surface area contributed by atoms with E-state index < -0.39 is 0 Å². The molecule has 4 heterocycles. The van der Waals surface area contributed by atoms with Gasteiger partial charge >= 0.3 is 0 Å². The third kappa shape index (κ3) is 4.46. The maximum Gasteiger partial charge on any atom is 0.227 e. The van der Waals surface area contributed by atoms with Gasteiger partial charge in [-0.1, -0.05) is 91.0 Å². The van der Waals surface area contributed by atoms with E-state index in [1.165, 1.54) is 0 Å². The normalized spacial score (nSPS) is 12.0. The predicted octanol–water partition coefficient (Wildman–Crippen LogP) is 13.9. The molecule has 0 N–H and O–H groups in total. The van der Waals surface area contributed by atoms with Gasteiger partial charge in [-0.25, -0.2) is 4.98 Å². The highest BCUT2D eigenvalue weighted by Crippen LogP contribution is 2.48. The van der Waals surface area contributed by atoms with E-state index in [1.54, 1.807) is 0 Å². The predicted molar refractivity (Wildman–Crippen MR) is 223 cm³/mol. The Kier molecular flexibility index (Phi) is 6.24. The van der Waals surface area contributed by atoms with Crippen LogP contribution in [0.15, 0.2) is 189 Å². The highest BCUT2D eigenvalue weighted by atomic mass is 16.4. The minimum absolute atomic E-state index is 0.591. The molecule has 0 unspecified atom stereocenters. The zero-order chi connectivity index (χ0) is 36.0. The summed E-state index contributed by atoms with van der Waals surface area (Å²) in [6.07, 6.45) is 0. The van der Waals surface area contributed by atoms with E-state index in [0.717, 1.165) is 99.5 Å². The van der Waals surface area contributed by atoms with Gasteiger partial charge in [0, 0.05) is 55.7 Å². The van der Waals surface area contributed by atoms with E-state index in [-0.39, 0.29) is 0 Å². The highest BCUT2D eigenvalue weighted by Gasteiger charge is 2.25. The lowest BCUT2D eigenvalue weighted by Crippen LogP contribution is -2.10. The van der Waals surface area contributed by atoms with Crippen molar-refractivity contribution >= 4 is 93.8 Å². The SMILES string of the molecule is c1ccc(-c2nc3cc4c(cc3o2)oc2cc(N(c3cccc5c3oc3ccccc35)c3cccc5c3c3ccccc3n5-c3ccccc3)ccc24)cc1. The third-order valence-electron chi connectivity index (χ3n) is 10.8. The molecule has 0 bridgehead atoms. The number of hydrogen-bond acceptors (Lipinski definition) is 5. The Morgan fingerprint density at radius 2 is 1.13 bits per heavy atom. The number of benzene rings is 8. The maximum atomic E-state index is 6.71. The molecular weight excluding hydrogens is 679 g/mol. The number of fused-ring (bicyclic) bond motifs is 10. The van der Waals surface area contributed by atoms with Crippen molar-refractivity contribution in [3.05, 3.63) is 176 Å². The molecule has 0 atom stereocenters. The van der Waals surface area contributed by atoms with Crippen molar-refractivity contribution in [2.45, 2.75) is 0 Å². The smallest absolute Gasteiger partial charge is 0.227 e. The number of para-hydroxylation sites is 4. The summed E-state index contributed by atoms with van der Waals surface area (Å²) in [6, 6.07) is 60.9. The van der Waals surface area contributed by atoms with Crippen LogP contribution >= 0.6 is 0 Å². The van der Waals surface area contributed by atoms with Crippen molar-refractivity contribution < 1.29 is 13.3 Å². The lowest BCUT2D eigenvalue weighted by molar-refractivity contribution is 0.617. The fraction of sp³-hybridized carbons (Fsp3) is 0. The van der Waals surface area contributed by atoms with Crippen molar-refractivity contribution in [1.82, 2.24) is 9.55 Å². The van der Waals surface area contributed by atoms with Crippen molar-refractivity contribution in [1.29, 1.82) is 0 Å². The molecule has 0 amide bonds. The molecule has 0 spiro atoms. The zero-order valence-corrected chi connectivity index (χ0v) is 29.3. The minimum atomic E-state index is 0.591. The quantitative estimate of drug-likeness (QED) is 0.178. The van der Waals surface area contributed by atoms with Crippen molar-refractivity contribution in [3.63, 3.8) is 0 Å². The van der Waals surface area contributed by atoms with Crippen molar-refractivity contribution in [2.24, 2.45) is 0 Å². The number of anilines is 3. The zero-order valence-electron chi connectivity index (χ0n) is 29.3. The Morgan fingerprint density at radius 1 is 0.436 bits per heavy atom. The van der Waals surface area contributed by atoms with Crippen LogP contribution in [0.4, 0.5) is 17.1 Å². The molecule has 258 valence electrons. The number of rotatable bonds is 5. The van der Waals surface area contributed by atoms with Crippen LogP contribution in [-0.2, 0) is 0 Å². The first-order valence-electron chi connectivity index (χ1n) is 18.4. The Balaban J connectivity index is 1.12. The lowest BCUT2D eigenvalue weighted by Gasteiger charge is -2.26. The van der Waals surface area contributed by atoms with Gasteiger partial charge in [-0.2, -0.15) is 0 Å². The molecule has 0 aliphatic carbocycles. The molecule has 0 radical (unpaired) electrons. The molecule has 0 fully saturated rings. The van der Waals surface area contributed by atoms with E-state index in [4.69, 9.17) is 18.2 Å². The average Bonchev–Trinajstić information content (AvgIpc) is 4.01. The maximum absolute atomic E-state index is 6.71. The number of hydrogen-bond donors (Lipinski definition) is 0. The van der Waals surface area contributed by atoms with Crippen LogP contribution in [0.25, 0.3) is 93.9 Å². The molecule has 55 heavy (non-hydrogen) atoms. The standard InChI is InChI=1S/C49H29N3O3/c1-3-13-30(14-4-1)49-50-38-28-37-34-26-25-32(27-44(34)53-45(37)29-46(38)55-49)52(42-23-11-19-35-33-17-8-10-24-43(33)54-48(35)42)41-22-12-21-40-47(41)36-18-7-9-20-39(36)51(40)31-15-5-2-6-16-31/h1-29H. The molecule has 8 aromatic carbocycles. The van der Waals surface area contributed by atoms with Crippen LogP contribution in [0.3, 0.4) is 0 Å². The fourth-order valence-corrected chi connectivity index (χ4v) is 8.39. The number of aromatic nitrogens is 2. The summed E-state index contributed by atoms with van der Waals surface area (Å²) in [6.45, 7) is 0. The summed E-state index contributed by atoms with van der Waals surface area (Å²) in [5.41, 5.74) is 11.9. The van der Waals surface area contributed by atoms with Crippen LogP contribution in [0, 0.1) is 0 Å². The third-order valence-corrected chi connectivity index (χ3v) is 10.8. The van der Waals surface area contributed by atoms with Crippen LogP contribution in [-0.4, -0.2) is 9.55 Å². The van der Waals surface area contributed by atoms with E-state index in [0.29, 0.717) is 11.5 Å². The van der Waals surface area contributed by atoms with Gasteiger partial charge in [0.25, 0.3) is 0 Å². The van der Waals surface area contributed by atoms with Crippen LogP contribution in [0.2, 0.25) is 0 Å². The summed E-state index contributed by atoms with van der Waals surface area (Å²) in [5.74, 6) is 0.591. The first kappa shape index (κ1) is 29.9. The molecule has 0 aliphatic rings. The second-order valence-corrected chi connectivity index (χ2v) is 13.9. The highest BCUT2D eigenvalue weighted by molar-refractivity contribution is 6.19. The van der Waals surface area contributed by atoms with Gasteiger partial charge in [0.2, 0.25) is 5.89 Å². The second kappa shape index (κ2) is 11.5. The number of oxazole rings is 1. The summed E-state index contributed by atoms with van der Waals surface area (Å²) in [4.78, 5) is 7.16. The van der Waals surface area contributed by atoms with Gasteiger partial charge in [0.15, 0.2) is 11.2 Å². The van der Waals surface area contributed by atoms with Gasteiger partial charge in [-0.05, 0) is 72.8 Å². The Bertz CT molecular complexity index is 3440. The van der Waals surface area contributed by atoms with E-state index in [9.17, 15) is 0 Å². The summed E-state index contributed by atoms with van der Waals surface area (Å²) in [7, 11) is 0. The first-order valence-corrected chi connectivity index (χ1v) is 18.4. The van der Waals surface area contributed by atoms with Crippen LogP contribution in [0.5, 0.6) is 0 Å². The number of furan rings is 2. The molecule has 6 nitrogen and oxygen atoms in total. The molecule has 4 aromatic heterocycles.